The summed E-state index contributed by atoms with van der Waals surface area (Å²) in [5.41, 5.74) is 0. The van der Waals surface area contributed by atoms with E-state index >= 15 is 0 Å². The Kier molecular flexibility index (Phi) is 4.36. The summed E-state index contributed by atoms with van der Waals surface area (Å²) in [4.78, 5) is 23.5. The molecule has 1 amide bonds. The summed E-state index contributed by atoms with van der Waals surface area (Å²) in [6, 6.07) is 1.93. The smallest absolute Gasteiger partial charge is 0.332 e. The summed E-state index contributed by atoms with van der Waals surface area (Å²) in [7, 11) is 0. The molecule has 1 aromatic heterocycles. The number of rotatable bonds is 4. The third-order valence-corrected chi connectivity index (χ3v) is 4.34. The predicted octanol–water partition coefficient (Wildman–Crippen LogP) is 1.76. The molecule has 0 radical (unpaired) electrons. The van der Waals surface area contributed by atoms with E-state index in [2.05, 4.69) is 21.2 Å². The number of halogens is 1. The summed E-state index contributed by atoms with van der Waals surface area (Å²) < 4.78 is 6.15. The lowest BCUT2D eigenvalue weighted by Gasteiger charge is -2.11. The Morgan fingerprint density at radius 1 is 1.50 bits per heavy atom. The third-order valence-electron chi connectivity index (χ3n) is 2.65. The number of amides is 1. The molecule has 1 aliphatic rings. The highest BCUT2D eigenvalue weighted by molar-refractivity contribution is 9.10. The largest absolute Gasteiger partial charge is 0.479 e. The topological polar surface area (TPSA) is 75.6 Å². The van der Waals surface area contributed by atoms with Crippen molar-refractivity contribution in [3.05, 3.63) is 20.8 Å². The molecule has 2 rings (SSSR count). The molecular formula is C11H12BrNO4S. The minimum Gasteiger partial charge on any atom is -0.479 e. The van der Waals surface area contributed by atoms with Crippen LogP contribution in [0.4, 0.5) is 0 Å². The number of ether oxygens (including phenoxy) is 1. The molecule has 1 saturated heterocycles. The van der Waals surface area contributed by atoms with Gasteiger partial charge in [-0.05, 0) is 34.8 Å². The van der Waals surface area contributed by atoms with Gasteiger partial charge in [0.15, 0.2) is 6.10 Å². The van der Waals surface area contributed by atoms with Crippen LogP contribution in [0, 0.1) is 0 Å². The Morgan fingerprint density at radius 3 is 2.78 bits per heavy atom. The molecule has 98 valence electrons. The van der Waals surface area contributed by atoms with E-state index in [0.29, 0.717) is 19.4 Å². The number of carbonyl (C=O) groups excluding carboxylic acids is 1. The molecule has 2 N–H and O–H groups in total. The summed E-state index contributed by atoms with van der Waals surface area (Å²) in [5.74, 6) is -1.25. The summed E-state index contributed by atoms with van der Waals surface area (Å²) in [6.45, 7) is 0.437. The van der Waals surface area contributed by atoms with Crippen molar-refractivity contribution in [3.63, 3.8) is 0 Å². The number of carbonyl (C=O) groups is 2. The molecule has 1 aromatic rings. The second-order valence-corrected chi connectivity index (χ2v) is 5.89. The molecule has 0 aliphatic carbocycles. The predicted molar refractivity (Wildman–Crippen MR) is 69.4 cm³/mol. The van der Waals surface area contributed by atoms with Crippen LogP contribution >= 0.6 is 27.3 Å². The number of carboxylic acid groups (broad SMARTS) is 1. The van der Waals surface area contributed by atoms with E-state index in [1.165, 1.54) is 0 Å². The highest BCUT2D eigenvalue weighted by atomic mass is 79.9. The van der Waals surface area contributed by atoms with Crippen LogP contribution in [-0.4, -0.2) is 29.2 Å². The van der Waals surface area contributed by atoms with Gasteiger partial charge < -0.3 is 15.2 Å². The molecule has 0 saturated carbocycles. The monoisotopic (exact) mass is 333 g/mol. The number of hydrogen-bond acceptors (Lipinski definition) is 4. The molecule has 18 heavy (non-hydrogen) atoms. The van der Waals surface area contributed by atoms with E-state index in [1.807, 2.05) is 11.4 Å². The van der Waals surface area contributed by atoms with Crippen LogP contribution in [0.5, 0.6) is 0 Å². The lowest BCUT2D eigenvalue weighted by Crippen LogP contribution is -2.35. The average molecular weight is 334 g/mol. The highest BCUT2D eigenvalue weighted by Gasteiger charge is 2.34. The molecule has 1 aliphatic heterocycles. The number of aliphatic carboxylic acids is 1. The molecular weight excluding hydrogens is 322 g/mol. The number of thiophene rings is 1. The van der Waals surface area contributed by atoms with Gasteiger partial charge in [-0.25, -0.2) is 4.79 Å². The zero-order valence-corrected chi connectivity index (χ0v) is 11.8. The van der Waals surface area contributed by atoms with Gasteiger partial charge in [-0.1, -0.05) is 0 Å². The Bertz CT molecular complexity index is 462. The molecule has 0 unspecified atom stereocenters. The quantitative estimate of drug-likeness (QED) is 0.880. The Morgan fingerprint density at radius 2 is 2.22 bits per heavy atom. The molecule has 0 aromatic carbocycles. The third kappa shape index (κ3) is 3.30. The van der Waals surface area contributed by atoms with Crippen molar-refractivity contribution in [2.75, 3.05) is 0 Å². The van der Waals surface area contributed by atoms with Gasteiger partial charge in [-0.15, -0.1) is 11.3 Å². The van der Waals surface area contributed by atoms with E-state index in [0.717, 1.165) is 9.35 Å². The van der Waals surface area contributed by atoms with Gasteiger partial charge in [0.05, 0.1) is 6.54 Å². The van der Waals surface area contributed by atoms with E-state index in [4.69, 9.17) is 9.84 Å². The lowest BCUT2D eigenvalue weighted by atomic mass is 10.2. The standard InChI is InChI=1S/C11H12BrNO4S/c12-6-3-7(18-5-6)4-13-10(14)8-1-2-9(17-8)11(15)16/h3,5,8-9H,1-2,4H2,(H,13,14)(H,15,16)/t8-,9+/m0/s1. The first-order valence-electron chi connectivity index (χ1n) is 5.45. The lowest BCUT2D eigenvalue weighted by molar-refractivity contribution is -0.151. The molecule has 2 heterocycles. The molecule has 2 atom stereocenters. The van der Waals surface area contributed by atoms with Crippen LogP contribution in [0.3, 0.4) is 0 Å². The van der Waals surface area contributed by atoms with E-state index in [9.17, 15) is 9.59 Å². The van der Waals surface area contributed by atoms with Crippen molar-refractivity contribution in [2.45, 2.75) is 31.6 Å². The fourth-order valence-electron chi connectivity index (χ4n) is 1.75. The minimum atomic E-state index is -1.01. The first-order valence-corrected chi connectivity index (χ1v) is 7.12. The van der Waals surface area contributed by atoms with Gasteiger partial charge in [0.1, 0.15) is 6.10 Å². The van der Waals surface area contributed by atoms with Gasteiger partial charge in [0.25, 0.3) is 0 Å². The number of carboxylic acids is 1. The van der Waals surface area contributed by atoms with Crippen LogP contribution in [0.15, 0.2) is 15.9 Å². The van der Waals surface area contributed by atoms with E-state index < -0.39 is 18.2 Å². The highest BCUT2D eigenvalue weighted by Crippen LogP contribution is 2.21. The zero-order valence-electron chi connectivity index (χ0n) is 9.39. The second kappa shape index (κ2) is 5.81. The average Bonchev–Trinajstić information content (AvgIpc) is 2.94. The van der Waals surface area contributed by atoms with Gasteiger partial charge >= 0.3 is 5.97 Å². The van der Waals surface area contributed by atoms with Crippen molar-refractivity contribution in [1.29, 1.82) is 0 Å². The number of hydrogen-bond donors (Lipinski definition) is 2. The Hall–Kier alpha value is -0.920. The van der Waals surface area contributed by atoms with Crippen LogP contribution in [0.25, 0.3) is 0 Å². The second-order valence-electron chi connectivity index (χ2n) is 3.98. The maximum absolute atomic E-state index is 11.8. The first-order chi connectivity index (χ1) is 8.56. The molecule has 5 nitrogen and oxygen atoms in total. The number of nitrogens with one attached hydrogen (secondary N) is 1. The van der Waals surface area contributed by atoms with Crippen molar-refractivity contribution < 1.29 is 19.4 Å². The SMILES string of the molecule is O=C(NCc1cc(Br)cs1)[C@@H]1CC[C@H](C(=O)O)O1. The molecule has 1 fully saturated rings. The normalized spacial score (nSPS) is 22.9. The summed E-state index contributed by atoms with van der Waals surface area (Å²) in [5, 5.41) is 13.4. The fraction of sp³-hybridized carbons (Fsp3) is 0.455. The van der Waals surface area contributed by atoms with Crippen LogP contribution < -0.4 is 5.32 Å². The van der Waals surface area contributed by atoms with Gasteiger partial charge in [0.2, 0.25) is 5.91 Å². The molecule has 0 bridgehead atoms. The summed E-state index contributed by atoms with van der Waals surface area (Å²) >= 11 is 4.88. The van der Waals surface area contributed by atoms with Crippen LogP contribution in [0.1, 0.15) is 17.7 Å². The molecule has 7 heteroatoms. The van der Waals surface area contributed by atoms with E-state index in [-0.39, 0.29) is 5.91 Å². The van der Waals surface area contributed by atoms with Crippen molar-refractivity contribution >= 4 is 39.1 Å². The Balaban J connectivity index is 1.80. The van der Waals surface area contributed by atoms with Crippen molar-refractivity contribution in [2.24, 2.45) is 0 Å². The maximum atomic E-state index is 11.8. The molecule has 0 spiro atoms. The van der Waals surface area contributed by atoms with Gasteiger partial charge in [-0.2, -0.15) is 0 Å². The zero-order chi connectivity index (χ0) is 13.1. The first kappa shape index (κ1) is 13.5. The van der Waals surface area contributed by atoms with Crippen molar-refractivity contribution in [1.82, 2.24) is 5.32 Å². The van der Waals surface area contributed by atoms with E-state index in [1.54, 1.807) is 11.3 Å². The summed E-state index contributed by atoms with van der Waals surface area (Å²) in [6.07, 6.45) is -0.652. The van der Waals surface area contributed by atoms with Crippen molar-refractivity contribution in [3.8, 4) is 0 Å². The maximum Gasteiger partial charge on any atom is 0.332 e. The van der Waals surface area contributed by atoms with Crippen LogP contribution in [-0.2, 0) is 20.9 Å². The van der Waals surface area contributed by atoms with Crippen LogP contribution in [0.2, 0.25) is 0 Å². The Labute approximate surface area is 116 Å². The van der Waals surface area contributed by atoms with Gasteiger partial charge in [-0.3, -0.25) is 4.79 Å². The minimum absolute atomic E-state index is 0.247. The fourth-order valence-corrected chi connectivity index (χ4v) is 3.14. The van der Waals surface area contributed by atoms with Gasteiger partial charge in [0, 0.05) is 14.7 Å².